The number of benzene rings is 3. The molecule has 42 heavy (non-hydrogen) atoms. The minimum Gasteiger partial charge on any atom is -0.497 e. The number of methoxy groups -OCH3 is 6. The molecule has 0 N–H and O–H groups in total. The van der Waals surface area contributed by atoms with Gasteiger partial charge < -0.3 is 33.2 Å². The fraction of sp³-hybridized carbons (Fsp3) is 0.486. The van der Waals surface area contributed by atoms with E-state index in [2.05, 4.69) is 72.7 Å². The van der Waals surface area contributed by atoms with Crippen molar-refractivity contribution in [2.75, 3.05) is 82.3 Å². The monoisotopic (exact) mass is 586 g/mol. The van der Waals surface area contributed by atoms with Gasteiger partial charge >= 0.3 is 0 Å². The Morgan fingerprint density at radius 3 is 1.43 bits per heavy atom. The van der Waals surface area contributed by atoms with E-state index in [1.54, 1.807) is 42.7 Å². The Labute approximate surface area is 255 Å². The summed E-state index contributed by atoms with van der Waals surface area (Å²) >= 11 is 0. The van der Waals surface area contributed by atoms with Crippen LogP contribution in [0, 0.1) is 20.8 Å². The zero-order valence-electron chi connectivity index (χ0n) is 27.4. The van der Waals surface area contributed by atoms with Crippen molar-refractivity contribution in [2.45, 2.75) is 33.6 Å². The maximum atomic E-state index is 5.37. The average Bonchev–Trinajstić information content (AvgIpc) is 3.01. The molecule has 7 nitrogen and oxygen atoms in total. The van der Waals surface area contributed by atoms with Crippen LogP contribution in [0.2, 0.25) is 0 Å². The minimum absolute atomic E-state index is 0.572. The Morgan fingerprint density at radius 1 is 0.452 bits per heavy atom. The first-order chi connectivity index (χ1) is 20.3. The fourth-order valence-electron chi connectivity index (χ4n) is 3.39. The van der Waals surface area contributed by atoms with Crippen LogP contribution in [-0.4, -0.2) is 82.3 Å². The van der Waals surface area contributed by atoms with Crippen LogP contribution in [0.5, 0.6) is 11.5 Å². The summed E-state index contributed by atoms with van der Waals surface area (Å²) in [7, 11) is 10.1. The van der Waals surface area contributed by atoms with Gasteiger partial charge in [0.25, 0.3) is 0 Å². The van der Waals surface area contributed by atoms with Gasteiger partial charge in [0, 0.05) is 35.5 Å². The lowest BCUT2D eigenvalue weighted by Crippen LogP contribution is -2.03. The second-order valence-corrected chi connectivity index (χ2v) is 9.40. The van der Waals surface area contributed by atoms with Crippen LogP contribution in [0.3, 0.4) is 0 Å². The predicted octanol–water partition coefficient (Wildman–Crippen LogP) is 6.68. The van der Waals surface area contributed by atoms with E-state index in [4.69, 9.17) is 23.7 Å². The van der Waals surface area contributed by atoms with Crippen LogP contribution in [0.1, 0.15) is 27.8 Å². The second kappa shape index (κ2) is 26.9. The summed E-state index contributed by atoms with van der Waals surface area (Å²) in [6.07, 6.45) is 2.03. The number of rotatable bonds is 14. The van der Waals surface area contributed by atoms with Crippen molar-refractivity contribution < 1.29 is 33.2 Å². The summed E-state index contributed by atoms with van der Waals surface area (Å²) in [6.45, 7) is 10.5. The van der Waals surface area contributed by atoms with Crippen LogP contribution in [-0.2, 0) is 36.5 Å². The van der Waals surface area contributed by atoms with Gasteiger partial charge in [0.05, 0.1) is 40.1 Å². The van der Waals surface area contributed by atoms with Gasteiger partial charge in [-0.25, -0.2) is 0 Å². The smallest absolute Gasteiger partial charge is 0.119 e. The highest BCUT2D eigenvalue weighted by Gasteiger charge is 1.97. The Bertz CT molecular complexity index is 1000. The van der Waals surface area contributed by atoms with Crippen molar-refractivity contribution >= 4 is 0 Å². The maximum absolute atomic E-state index is 5.37. The van der Waals surface area contributed by atoms with E-state index >= 15 is 0 Å². The van der Waals surface area contributed by atoms with E-state index in [0.717, 1.165) is 37.6 Å². The molecule has 0 saturated heterocycles. The molecule has 0 atom stereocenters. The molecular formula is C35H54O7. The molecule has 0 saturated carbocycles. The van der Waals surface area contributed by atoms with Crippen LogP contribution < -0.4 is 9.47 Å². The van der Waals surface area contributed by atoms with Crippen LogP contribution >= 0.6 is 0 Å². The molecule has 3 aromatic rings. The summed E-state index contributed by atoms with van der Waals surface area (Å²) in [6, 6.07) is 22.6. The van der Waals surface area contributed by atoms with Gasteiger partial charge in [0.2, 0.25) is 0 Å². The van der Waals surface area contributed by atoms with Crippen molar-refractivity contribution in [3.63, 3.8) is 0 Å². The molecule has 0 aliphatic rings. The average molecular weight is 587 g/mol. The zero-order chi connectivity index (χ0) is 31.4. The molecule has 0 bridgehead atoms. The topological polar surface area (TPSA) is 64.6 Å². The second-order valence-electron chi connectivity index (χ2n) is 9.40. The normalized spacial score (nSPS) is 9.83. The summed E-state index contributed by atoms with van der Waals surface area (Å²) in [5.74, 6) is 1.66. The molecule has 0 radical (unpaired) electrons. The van der Waals surface area contributed by atoms with Gasteiger partial charge in [-0.05, 0) is 74.6 Å². The molecule has 0 amide bonds. The van der Waals surface area contributed by atoms with Crippen molar-refractivity contribution in [3.05, 3.63) is 94.5 Å². The fourth-order valence-corrected chi connectivity index (χ4v) is 3.39. The Balaban J connectivity index is 0.000000550. The molecule has 0 spiro atoms. The number of hydrogen-bond donors (Lipinski definition) is 0. The lowest BCUT2D eigenvalue weighted by molar-refractivity contribution is 0.103. The van der Waals surface area contributed by atoms with Crippen LogP contribution in [0.25, 0.3) is 0 Å². The molecule has 0 heterocycles. The zero-order valence-corrected chi connectivity index (χ0v) is 27.4. The predicted molar refractivity (Wildman–Crippen MR) is 172 cm³/mol. The summed E-state index contributed by atoms with van der Waals surface area (Å²) < 4.78 is 34.6. The van der Waals surface area contributed by atoms with E-state index < -0.39 is 0 Å². The van der Waals surface area contributed by atoms with Crippen molar-refractivity contribution in [1.29, 1.82) is 0 Å². The molecule has 7 heteroatoms. The van der Waals surface area contributed by atoms with Crippen molar-refractivity contribution in [1.82, 2.24) is 0 Å². The number of aryl methyl sites for hydroxylation is 3. The van der Waals surface area contributed by atoms with E-state index in [9.17, 15) is 0 Å². The number of hydrogen-bond acceptors (Lipinski definition) is 7. The van der Waals surface area contributed by atoms with Gasteiger partial charge in [-0.3, -0.25) is 0 Å². The third kappa shape index (κ3) is 20.9. The first-order valence-corrected chi connectivity index (χ1v) is 14.2. The summed E-state index contributed by atoms with van der Waals surface area (Å²) in [4.78, 5) is 0. The molecule has 0 unspecified atom stereocenters. The Morgan fingerprint density at radius 2 is 0.929 bits per heavy atom. The molecule has 0 aliphatic carbocycles. The van der Waals surface area contributed by atoms with E-state index in [1.165, 1.54) is 27.8 Å². The minimum atomic E-state index is 0.572. The lowest BCUT2D eigenvalue weighted by atomic mass is 10.0. The van der Waals surface area contributed by atoms with Crippen molar-refractivity contribution in [3.8, 4) is 11.5 Å². The molecule has 0 aliphatic heterocycles. The SMILES string of the molecule is COCCOC.COCCOc1ccc(OC)cc1.COCCc1ccc(C)cc1.COCCc1ccc(C)cc1C. The molecule has 0 aromatic heterocycles. The third-order valence-electron chi connectivity index (χ3n) is 5.90. The maximum Gasteiger partial charge on any atom is 0.119 e. The molecule has 0 fully saturated rings. The highest BCUT2D eigenvalue weighted by Crippen LogP contribution is 2.16. The van der Waals surface area contributed by atoms with E-state index in [-0.39, 0.29) is 0 Å². The molecule has 236 valence electrons. The highest BCUT2D eigenvalue weighted by atomic mass is 16.5. The standard InChI is InChI=1S/C11H16O.C10H14O3.C10H14O.C4H10O2/c1-9-4-5-11(6-7-12-3)10(2)8-9;1-11-7-8-13-10-5-3-9(12-2)4-6-10;1-9-3-5-10(6-4-9)7-8-11-2;1-5-3-4-6-2/h4-5,8H,6-7H2,1-3H3;3-6H,7-8H2,1-2H3;3-6H,7-8H2,1-2H3;3-4H2,1-2H3. The summed E-state index contributed by atoms with van der Waals surface area (Å²) in [5, 5.41) is 0. The quantitative estimate of drug-likeness (QED) is 0.195. The van der Waals surface area contributed by atoms with E-state index in [0.29, 0.717) is 26.4 Å². The first-order valence-electron chi connectivity index (χ1n) is 14.2. The lowest BCUT2D eigenvalue weighted by Gasteiger charge is -2.05. The van der Waals surface area contributed by atoms with Gasteiger partial charge in [0.1, 0.15) is 18.1 Å². The van der Waals surface area contributed by atoms with Crippen molar-refractivity contribution in [2.24, 2.45) is 0 Å². The van der Waals surface area contributed by atoms with Gasteiger partial charge in [-0.1, -0.05) is 53.6 Å². The largest absolute Gasteiger partial charge is 0.497 e. The Hall–Kier alpha value is -2.94. The highest BCUT2D eigenvalue weighted by molar-refractivity contribution is 5.31. The van der Waals surface area contributed by atoms with Gasteiger partial charge in [0.15, 0.2) is 0 Å². The molecule has 3 rings (SSSR count). The van der Waals surface area contributed by atoms with Gasteiger partial charge in [-0.2, -0.15) is 0 Å². The van der Waals surface area contributed by atoms with E-state index in [1.807, 2.05) is 24.3 Å². The number of ether oxygens (including phenoxy) is 7. The Kier molecular flexibility index (Phi) is 25.0. The third-order valence-corrected chi connectivity index (χ3v) is 5.90. The van der Waals surface area contributed by atoms with Gasteiger partial charge in [-0.15, -0.1) is 0 Å². The van der Waals surface area contributed by atoms with Crippen LogP contribution in [0.4, 0.5) is 0 Å². The first kappa shape index (κ1) is 39.1. The molecule has 3 aromatic carbocycles. The van der Waals surface area contributed by atoms with Crippen LogP contribution in [0.15, 0.2) is 66.7 Å². The summed E-state index contributed by atoms with van der Waals surface area (Å²) in [5.41, 5.74) is 6.74. The molecular weight excluding hydrogens is 532 g/mol.